The van der Waals surface area contributed by atoms with Gasteiger partial charge in [-0.15, -0.1) is 0 Å². The lowest BCUT2D eigenvalue weighted by Crippen LogP contribution is -2.52. The fraction of sp³-hybridized carbons (Fsp3) is 0.527. The van der Waals surface area contributed by atoms with Crippen LogP contribution in [0.2, 0.25) is 0 Å². The number of hydrogen-bond acceptors (Lipinski definition) is 10. The van der Waals surface area contributed by atoms with Crippen molar-refractivity contribution in [3.63, 3.8) is 0 Å². The molecule has 374 valence electrons. The number of carbonyl (C=O) groups is 2. The maximum atomic E-state index is 13.9. The highest BCUT2D eigenvalue weighted by molar-refractivity contribution is 5.95. The van der Waals surface area contributed by atoms with Crippen molar-refractivity contribution < 1.29 is 51.9 Å². The lowest BCUT2D eigenvalue weighted by atomic mass is 9.81. The molecule has 12 nitrogen and oxygen atoms in total. The van der Waals surface area contributed by atoms with Crippen LogP contribution in [0.1, 0.15) is 149 Å². The number of nitrogens with one attached hydrogen (secondary N) is 1. The minimum Gasteiger partial charge on any atom is -0.491 e. The van der Waals surface area contributed by atoms with Crippen LogP contribution in [0, 0.1) is 11.6 Å². The number of aliphatic hydroxyl groups excluding tert-OH is 1. The van der Waals surface area contributed by atoms with Gasteiger partial charge >= 0.3 is 0 Å². The number of halogens is 2. The molecule has 2 N–H and O–H groups in total. The number of fused-ring (bicyclic) bond motifs is 2. The van der Waals surface area contributed by atoms with E-state index in [9.17, 15) is 23.5 Å². The number of aliphatic hydroxyl groups is 1. The first kappa shape index (κ1) is 51.6. The zero-order chi connectivity index (χ0) is 49.6. The van der Waals surface area contributed by atoms with Gasteiger partial charge in [-0.2, -0.15) is 0 Å². The van der Waals surface area contributed by atoms with Gasteiger partial charge in [0.25, 0.3) is 11.8 Å². The highest BCUT2D eigenvalue weighted by Crippen LogP contribution is 2.48. The quantitative estimate of drug-likeness (QED) is 0.134. The Morgan fingerprint density at radius 1 is 0.623 bits per heavy atom. The van der Waals surface area contributed by atoms with E-state index in [0.717, 1.165) is 22.4 Å². The minimum atomic E-state index is -0.452. The van der Waals surface area contributed by atoms with Crippen molar-refractivity contribution in [1.29, 1.82) is 0 Å². The van der Waals surface area contributed by atoms with E-state index in [1.807, 2.05) is 90.4 Å². The molecule has 4 aromatic rings. The van der Waals surface area contributed by atoms with Crippen LogP contribution in [0.25, 0.3) is 0 Å². The van der Waals surface area contributed by atoms with Gasteiger partial charge in [0.15, 0.2) is 0 Å². The molecule has 8 rings (SSSR count). The minimum absolute atomic E-state index is 0.00121. The molecule has 14 heteroatoms. The normalized spacial score (nSPS) is 19.2. The summed E-state index contributed by atoms with van der Waals surface area (Å²) in [5.74, 6) is 2.08. The maximum Gasteiger partial charge on any atom is 0.253 e. The lowest BCUT2D eigenvalue weighted by molar-refractivity contribution is -0.0879. The Labute approximate surface area is 406 Å². The molecule has 0 radical (unpaired) electrons. The molecule has 0 unspecified atom stereocenters. The smallest absolute Gasteiger partial charge is 0.253 e. The highest BCUT2D eigenvalue weighted by Gasteiger charge is 2.46. The average Bonchev–Trinajstić information content (AvgIpc) is 3.30. The van der Waals surface area contributed by atoms with Gasteiger partial charge in [0, 0.05) is 105 Å². The molecule has 0 saturated carbocycles. The first-order valence-electron chi connectivity index (χ1n) is 24.6. The second kappa shape index (κ2) is 22.2. The van der Waals surface area contributed by atoms with Crippen LogP contribution in [0.3, 0.4) is 0 Å². The van der Waals surface area contributed by atoms with Crippen molar-refractivity contribution in [2.45, 2.75) is 155 Å². The van der Waals surface area contributed by atoms with Gasteiger partial charge < -0.3 is 48.6 Å². The Morgan fingerprint density at radius 3 is 1.41 bits per heavy atom. The predicted octanol–water partition coefficient (Wildman–Crippen LogP) is 10.3. The molecule has 2 fully saturated rings. The fourth-order valence-electron chi connectivity index (χ4n) is 9.90. The Bertz CT molecular complexity index is 2410. The number of piperidine rings is 2. The summed E-state index contributed by atoms with van der Waals surface area (Å²) in [7, 11) is 1.88. The second-order valence-corrected chi connectivity index (χ2v) is 19.9. The summed E-state index contributed by atoms with van der Waals surface area (Å²) in [6.45, 7) is 18.4. The Morgan fingerprint density at radius 2 is 1.03 bits per heavy atom. The largest absolute Gasteiger partial charge is 0.491 e. The number of hydrogen-bond donors (Lipinski definition) is 2. The fourth-order valence-corrected chi connectivity index (χ4v) is 9.90. The van der Waals surface area contributed by atoms with Gasteiger partial charge in [0.2, 0.25) is 0 Å². The maximum absolute atomic E-state index is 13.9. The summed E-state index contributed by atoms with van der Waals surface area (Å²) >= 11 is 0. The first-order valence-corrected chi connectivity index (χ1v) is 24.6. The van der Waals surface area contributed by atoms with E-state index in [0.29, 0.717) is 105 Å². The number of amides is 2. The number of ether oxygens (including phenoxy) is 6. The lowest BCUT2D eigenvalue weighted by Gasteiger charge is -2.47. The first-order chi connectivity index (χ1) is 32.9. The topological polar surface area (TPSA) is 128 Å². The van der Waals surface area contributed by atoms with Crippen molar-refractivity contribution in [3.05, 3.63) is 118 Å². The molecule has 4 heterocycles. The molecule has 0 aliphatic carbocycles. The molecule has 2 spiro atoms. The number of likely N-dealkylation sites (tertiary alicyclic amines) is 2. The molecule has 4 aliphatic rings. The third-order valence-electron chi connectivity index (χ3n) is 13.1. The Kier molecular flexibility index (Phi) is 16.6. The van der Waals surface area contributed by atoms with E-state index in [4.69, 9.17) is 28.4 Å². The summed E-state index contributed by atoms with van der Waals surface area (Å²) < 4.78 is 64.7. The summed E-state index contributed by atoms with van der Waals surface area (Å²) in [5, 5.41) is 12.9. The molecule has 0 bridgehead atoms. The van der Waals surface area contributed by atoms with Crippen molar-refractivity contribution in [2.24, 2.45) is 0 Å². The van der Waals surface area contributed by atoms with Crippen LogP contribution in [0.4, 0.5) is 8.78 Å². The van der Waals surface area contributed by atoms with Crippen LogP contribution >= 0.6 is 0 Å². The Balaban J connectivity index is 0.000000204. The van der Waals surface area contributed by atoms with Crippen LogP contribution in [0.5, 0.6) is 23.0 Å². The number of nitrogens with zero attached hydrogens (tertiary/aromatic N) is 2. The van der Waals surface area contributed by atoms with E-state index in [-0.39, 0.29) is 66.7 Å². The van der Waals surface area contributed by atoms with E-state index in [2.05, 4.69) is 5.32 Å². The van der Waals surface area contributed by atoms with Gasteiger partial charge in [-0.25, -0.2) is 8.78 Å². The SMILES string of the molecule is CC(C)Oc1ccc(C(=O)N2CCC3(CC2)C[C@@H](OC(C)C)c2cc(F)ccc2O3)cc1CO.CNCc1cc(C(=O)N2CCC3(CC2)C[C@@H](OC(C)C)c2cc(F)ccc2O3)ccc1OC(C)C. The summed E-state index contributed by atoms with van der Waals surface area (Å²) in [5.41, 5.74) is 3.40. The summed E-state index contributed by atoms with van der Waals surface area (Å²) in [4.78, 5) is 30.3. The van der Waals surface area contributed by atoms with Gasteiger partial charge in [0.05, 0.1) is 43.2 Å². The van der Waals surface area contributed by atoms with Crippen LogP contribution < -0.4 is 24.3 Å². The summed E-state index contributed by atoms with van der Waals surface area (Å²) in [6.07, 6.45) is 3.58. The zero-order valence-corrected chi connectivity index (χ0v) is 41.7. The molecular formula is C55H71F2N3O9. The van der Waals surface area contributed by atoms with Gasteiger partial charge in [-0.3, -0.25) is 9.59 Å². The van der Waals surface area contributed by atoms with E-state index in [1.165, 1.54) is 24.3 Å². The zero-order valence-electron chi connectivity index (χ0n) is 41.7. The average molecular weight is 956 g/mol. The van der Waals surface area contributed by atoms with Crippen LogP contribution in [-0.2, 0) is 22.6 Å². The third-order valence-corrected chi connectivity index (χ3v) is 13.1. The third kappa shape index (κ3) is 12.6. The molecular weight excluding hydrogens is 885 g/mol. The molecule has 4 aromatic carbocycles. The molecule has 2 amide bonds. The number of carbonyl (C=O) groups excluding carboxylic acids is 2. The summed E-state index contributed by atoms with van der Waals surface area (Å²) in [6, 6.07) is 20.1. The second-order valence-electron chi connectivity index (χ2n) is 19.9. The molecule has 2 saturated heterocycles. The number of benzene rings is 4. The monoisotopic (exact) mass is 956 g/mol. The number of rotatable bonds is 13. The van der Waals surface area contributed by atoms with E-state index < -0.39 is 11.2 Å². The van der Waals surface area contributed by atoms with Gasteiger partial charge in [-0.1, -0.05) is 0 Å². The molecule has 69 heavy (non-hydrogen) atoms. The van der Waals surface area contributed by atoms with E-state index in [1.54, 1.807) is 30.3 Å². The van der Waals surface area contributed by atoms with Crippen molar-refractivity contribution >= 4 is 11.8 Å². The van der Waals surface area contributed by atoms with Crippen molar-refractivity contribution in [2.75, 3.05) is 33.2 Å². The molecule has 2 atom stereocenters. The van der Waals surface area contributed by atoms with Crippen LogP contribution in [0.15, 0.2) is 72.8 Å². The van der Waals surface area contributed by atoms with E-state index >= 15 is 0 Å². The predicted molar refractivity (Wildman–Crippen MR) is 260 cm³/mol. The van der Waals surface area contributed by atoms with Gasteiger partial charge in [-0.05, 0) is 135 Å². The highest BCUT2D eigenvalue weighted by atomic mass is 19.1. The Hall–Kier alpha value is -5.28. The molecule has 0 aromatic heterocycles. The standard InChI is InChI=1S/C28H37FN2O4.C27H34FNO5/c1-18(2)33-24-8-6-20(14-21(24)17-30-5)27(32)31-12-10-28(11-13-31)16-26(34-19(3)4)23-15-22(29)7-9-25(23)35-28;1-17(2)32-23-7-5-19(13-20(23)16-30)26(31)29-11-9-27(10-12-29)15-25(33-18(3)4)22-14-21(28)6-8-24(22)34-27/h6-9,14-15,18-19,26,30H,10-13,16-17H2,1-5H3;5-8,13-14,17-18,25,30H,9-12,15-16H2,1-4H3/t26-;25-/m11/s1. The van der Waals surface area contributed by atoms with Crippen molar-refractivity contribution in [3.8, 4) is 23.0 Å². The van der Waals surface area contributed by atoms with Crippen molar-refractivity contribution in [1.82, 2.24) is 15.1 Å². The van der Waals surface area contributed by atoms with Crippen LogP contribution in [-0.4, -0.2) is 95.6 Å². The molecule has 4 aliphatic heterocycles. The van der Waals surface area contributed by atoms with Gasteiger partial charge in [0.1, 0.15) is 45.8 Å².